The maximum absolute atomic E-state index is 5.96. The Kier molecular flexibility index (Phi) is 40.7. The van der Waals surface area contributed by atoms with Crippen LogP contribution in [0.25, 0.3) is 0 Å². The summed E-state index contributed by atoms with van der Waals surface area (Å²) in [5, 5.41) is 17.4. The predicted molar refractivity (Wildman–Crippen MR) is 189 cm³/mol. The molecule has 8 nitrogen and oxygen atoms in total. The van der Waals surface area contributed by atoms with Gasteiger partial charge in [0.1, 0.15) is 0 Å². The molecule has 0 saturated heterocycles. The molecular weight excluding hydrogens is 508 g/mol. The lowest BCUT2D eigenvalue weighted by molar-refractivity contribution is 0.272. The first-order chi connectivity index (χ1) is 19.5. The monoisotopic (exact) mass is 583 g/mol. The van der Waals surface area contributed by atoms with Gasteiger partial charge in [-0.2, -0.15) is 0 Å². The van der Waals surface area contributed by atoms with Gasteiger partial charge in [0, 0.05) is 94.8 Å². The molecule has 0 aromatic rings. The van der Waals surface area contributed by atoms with E-state index in [1.807, 2.05) is 48.5 Å². The lowest BCUT2D eigenvalue weighted by Gasteiger charge is -2.23. The normalized spacial score (nSPS) is 10.8. The predicted octanol–water partition coefficient (Wildman–Crippen LogP) is 5.26. The highest BCUT2D eigenvalue weighted by molar-refractivity contribution is 5.80. The van der Waals surface area contributed by atoms with Gasteiger partial charge in [0.2, 0.25) is 0 Å². The molecule has 0 aliphatic carbocycles. The number of hydrogen-bond acceptors (Lipinski definition) is 7. The molecular formula is C33H74N8. The first-order valence-corrected chi connectivity index (χ1v) is 16.1. The summed E-state index contributed by atoms with van der Waals surface area (Å²) in [6.07, 6.45) is 4.45. The molecule has 0 heterocycles. The Morgan fingerprint density at radius 1 is 0.683 bits per heavy atom. The summed E-state index contributed by atoms with van der Waals surface area (Å²) in [7, 11) is 0. The Morgan fingerprint density at radius 3 is 1.29 bits per heavy atom. The van der Waals surface area contributed by atoms with Crippen LogP contribution in [0.4, 0.5) is 0 Å². The quantitative estimate of drug-likeness (QED) is 0.0423. The molecule has 0 spiro atoms. The van der Waals surface area contributed by atoms with Crippen molar-refractivity contribution >= 4 is 5.84 Å². The smallest absolute Gasteiger partial charge is 0.0953 e. The second-order valence-corrected chi connectivity index (χ2v) is 10.3. The summed E-state index contributed by atoms with van der Waals surface area (Å²) in [6, 6.07) is 1.13. The van der Waals surface area contributed by atoms with Gasteiger partial charge in [-0.15, -0.1) is 6.58 Å². The minimum Gasteiger partial charge on any atom is -0.387 e. The third kappa shape index (κ3) is 42.7. The average molecular weight is 583 g/mol. The SMILES string of the molecule is C=C(CCNCCN(CCNCCC(=C)NC(C)C)CCNCCC(N)=NC(C)C)NC(C)C.C=CC.CC.CC. The van der Waals surface area contributed by atoms with E-state index in [4.69, 9.17) is 5.73 Å². The lowest BCUT2D eigenvalue weighted by Crippen LogP contribution is -2.41. The molecule has 0 saturated carbocycles. The van der Waals surface area contributed by atoms with E-state index in [0.717, 1.165) is 95.4 Å². The minimum atomic E-state index is 0.257. The Bertz CT molecular complexity index is 568. The molecule has 0 aromatic heterocycles. The highest BCUT2D eigenvalue weighted by Crippen LogP contribution is 1.95. The number of nitrogens with two attached hydrogens (primary N) is 1. The van der Waals surface area contributed by atoms with Crippen LogP contribution in [0.3, 0.4) is 0 Å². The van der Waals surface area contributed by atoms with Gasteiger partial charge >= 0.3 is 0 Å². The number of allylic oxidation sites excluding steroid dienone is 1. The molecule has 0 radical (unpaired) electrons. The second-order valence-electron chi connectivity index (χ2n) is 10.3. The molecule has 0 fully saturated rings. The van der Waals surface area contributed by atoms with Crippen molar-refractivity contribution in [1.29, 1.82) is 0 Å². The molecule has 0 bridgehead atoms. The fourth-order valence-corrected chi connectivity index (χ4v) is 3.47. The number of rotatable bonds is 23. The van der Waals surface area contributed by atoms with E-state index >= 15 is 0 Å². The molecule has 0 unspecified atom stereocenters. The van der Waals surface area contributed by atoms with Crippen molar-refractivity contribution in [2.45, 2.75) is 114 Å². The van der Waals surface area contributed by atoms with Crippen molar-refractivity contribution in [2.24, 2.45) is 10.7 Å². The van der Waals surface area contributed by atoms with Crippen molar-refractivity contribution in [3.05, 3.63) is 37.2 Å². The number of hydrogen-bond donors (Lipinski definition) is 6. The van der Waals surface area contributed by atoms with Gasteiger partial charge in [0.25, 0.3) is 0 Å². The van der Waals surface area contributed by atoms with Gasteiger partial charge < -0.3 is 32.3 Å². The molecule has 8 heteroatoms. The summed E-state index contributed by atoms with van der Waals surface area (Å²) in [6.45, 7) is 42.8. The Labute approximate surface area is 257 Å². The van der Waals surface area contributed by atoms with Gasteiger partial charge in [0.05, 0.1) is 5.84 Å². The molecule has 0 aromatic carbocycles. The van der Waals surface area contributed by atoms with Crippen LogP contribution in [0.15, 0.2) is 42.2 Å². The maximum Gasteiger partial charge on any atom is 0.0953 e. The van der Waals surface area contributed by atoms with Crippen LogP contribution in [0.1, 0.15) is 95.4 Å². The van der Waals surface area contributed by atoms with E-state index in [0.29, 0.717) is 12.1 Å². The third-order valence-electron chi connectivity index (χ3n) is 4.99. The van der Waals surface area contributed by atoms with Crippen molar-refractivity contribution < 1.29 is 0 Å². The highest BCUT2D eigenvalue weighted by atomic mass is 15.2. The second kappa shape index (κ2) is 36.2. The van der Waals surface area contributed by atoms with E-state index in [2.05, 4.69) is 83.9 Å². The first kappa shape index (κ1) is 46.1. The molecule has 0 rings (SSSR count). The van der Waals surface area contributed by atoms with Crippen molar-refractivity contribution in [3.8, 4) is 0 Å². The van der Waals surface area contributed by atoms with Crippen molar-refractivity contribution in [3.63, 3.8) is 0 Å². The van der Waals surface area contributed by atoms with Crippen LogP contribution in [-0.4, -0.2) is 87.8 Å². The summed E-state index contributed by atoms with van der Waals surface area (Å²) in [5.74, 6) is 0.731. The summed E-state index contributed by atoms with van der Waals surface area (Å²) in [5.41, 5.74) is 8.16. The van der Waals surface area contributed by atoms with Gasteiger partial charge in [-0.25, -0.2) is 0 Å². The van der Waals surface area contributed by atoms with E-state index in [-0.39, 0.29) is 6.04 Å². The highest BCUT2D eigenvalue weighted by Gasteiger charge is 2.05. The molecule has 0 aliphatic heterocycles. The Balaban J connectivity index is -0.000000891. The Hall–Kier alpha value is -1.87. The van der Waals surface area contributed by atoms with E-state index < -0.39 is 0 Å². The third-order valence-corrected chi connectivity index (χ3v) is 4.99. The van der Waals surface area contributed by atoms with Gasteiger partial charge in [-0.1, -0.05) is 46.9 Å². The molecule has 0 amide bonds. The average Bonchev–Trinajstić information content (AvgIpc) is 2.89. The van der Waals surface area contributed by atoms with Crippen molar-refractivity contribution in [1.82, 2.24) is 31.5 Å². The summed E-state index contributed by atoms with van der Waals surface area (Å²) < 4.78 is 0. The zero-order valence-corrected chi connectivity index (χ0v) is 29.4. The van der Waals surface area contributed by atoms with Crippen LogP contribution >= 0.6 is 0 Å². The van der Waals surface area contributed by atoms with Crippen LogP contribution in [0.5, 0.6) is 0 Å². The van der Waals surface area contributed by atoms with Crippen LogP contribution in [-0.2, 0) is 0 Å². The maximum atomic E-state index is 5.96. The van der Waals surface area contributed by atoms with Gasteiger partial charge in [-0.05, 0) is 61.3 Å². The fourth-order valence-electron chi connectivity index (χ4n) is 3.47. The minimum absolute atomic E-state index is 0.257. The lowest BCUT2D eigenvalue weighted by atomic mass is 10.3. The van der Waals surface area contributed by atoms with Gasteiger partial charge in [0.15, 0.2) is 0 Å². The first-order valence-electron chi connectivity index (χ1n) is 16.1. The zero-order valence-electron chi connectivity index (χ0n) is 29.4. The van der Waals surface area contributed by atoms with E-state index in [1.54, 1.807) is 6.08 Å². The Morgan fingerprint density at radius 2 is 1.00 bits per heavy atom. The fraction of sp³-hybridized carbons (Fsp3) is 0.788. The topological polar surface area (TPSA) is 102 Å². The van der Waals surface area contributed by atoms with Crippen LogP contribution in [0.2, 0.25) is 0 Å². The van der Waals surface area contributed by atoms with Gasteiger partial charge in [-0.3, -0.25) is 9.89 Å². The standard InChI is InChI=1S/C26H56N8.C3H6.2C2H6/c1-21(2)31-24(7)9-12-28-15-18-34(19-16-29-13-10-25(8)32-22(3)4)20-17-30-14-11-26(27)33-23(5)6;1-3-2;2*1-2/h21-23,28-32H,7-20H2,1-6H3,(H2,27,33);3H,1H2,2H3;2*1-2H3. The molecule has 7 N–H and O–H groups in total. The number of aliphatic imine (C=N–C) groups is 1. The number of nitrogens with one attached hydrogen (secondary N) is 5. The molecule has 0 aliphatic rings. The van der Waals surface area contributed by atoms with E-state index in [9.17, 15) is 0 Å². The largest absolute Gasteiger partial charge is 0.387 e. The van der Waals surface area contributed by atoms with Crippen LogP contribution < -0.4 is 32.3 Å². The summed E-state index contributed by atoms with van der Waals surface area (Å²) in [4.78, 5) is 6.89. The molecule has 41 heavy (non-hydrogen) atoms. The number of amidine groups is 1. The zero-order chi connectivity index (χ0) is 32.5. The van der Waals surface area contributed by atoms with Crippen molar-refractivity contribution in [2.75, 3.05) is 58.9 Å². The number of nitrogens with zero attached hydrogens (tertiary/aromatic N) is 2. The van der Waals surface area contributed by atoms with Crippen LogP contribution in [0, 0.1) is 0 Å². The summed E-state index contributed by atoms with van der Waals surface area (Å²) >= 11 is 0. The van der Waals surface area contributed by atoms with E-state index in [1.165, 1.54) is 0 Å². The molecule has 0 atom stereocenters. The molecule has 246 valence electrons.